The minimum atomic E-state index is -0.319. The van der Waals surface area contributed by atoms with Gasteiger partial charge in [-0.2, -0.15) is 5.26 Å². The molecular formula is C14H14N6OS. The lowest BCUT2D eigenvalue weighted by Gasteiger charge is -2.03. The first-order chi connectivity index (χ1) is 10.5. The van der Waals surface area contributed by atoms with E-state index in [1.54, 1.807) is 17.0 Å². The molecule has 0 aliphatic heterocycles. The van der Waals surface area contributed by atoms with Crippen molar-refractivity contribution in [2.45, 2.75) is 12.1 Å². The number of carbonyl (C=O) groups excluding carboxylic acids is 1. The van der Waals surface area contributed by atoms with Gasteiger partial charge in [-0.25, -0.2) is 0 Å². The van der Waals surface area contributed by atoms with Crippen LogP contribution in [0.15, 0.2) is 41.0 Å². The summed E-state index contributed by atoms with van der Waals surface area (Å²) in [4.78, 5) is 15.9. The summed E-state index contributed by atoms with van der Waals surface area (Å²) in [6.07, 6.45) is 3.35. The fourth-order valence-corrected chi connectivity index (χ4v) is 2.55. The van der Waals surface area contributed by atoms with E-state index in [0.717, 1.165) is 5.56 Å². The summed E-state index contributed by atoms with van der Waals surface area (Å²) in [6.45, 7) is 1.53. The molecule has 0 radical (unpaired) electrons. The molecule has 0 bridgehead atoms. The van der Waals surface area contributed by atoms with Crippen LogP contribution in [-0.4, -0.2) is 31.3 Å². The minimum absolute atomic E-state index is 0.0102. The minimum Gasteiger partial charge on any atom is -0.401 e. The number of hydrogen-bond acceptors (Lipinski definition) is 7. The van der Waals surface area contributed by atoms with Crippen LogP contribution in [0.25, 0.3) is 11.4 Å². The first kappa shape index (κ1) is 15.7. The number of Topliss-reactive ketones (excluding diaryl/α,β-unsaturated/α-hetero) is 1. The van der Waals surface area contributed by atoms with E-state index in [1.165, 1.54) is 18.7 Å². The standard InChI is InChI=1S/C14H14N6OS/c1-9(16)11(7-15)12(21)8-22-14-19-18-13(20(14)2)10-3-5-17-6-4-10/h3-6H,8,16H2,1-2H3/b11-9+. The lowest BCUT2D eigenvalue weighted by molar-refractivity contribution is -0.112. The maximum atomic E-state index is 11.9. The molecule has 0 fully saturated rings. The van der Waals surface area contributed by atoms with Gasteiger partial charge in [-0.1, -0.05) is 11.8 Å². The van der Waals surface area contributed by atoms with E-state index < -0.39 is 0 Å². The molecule has 0 aliphatic rings. The van der Waals surface area contributed by atoms with Crippen molar-refractivity contribution in [2.75, 3.05) is 5.75 Å². The van der Waals surface area contributed by atoms with Gasteiger partial charge in [0.25, 0.3) is 0 Å². The second-order valence-corrected chi connectivity index (χ2v) is 5.43. The van der Waals surface area contributed by atoms with Crippen LogP contribution in [0.3, 0.4) is 0 Å². The lowest BCUT2D eigenvalue weighted by atomic mass is 10.2. The zero-order chi connectivity index (χ0) is 16.1. The molecule has 22 heavy (non-hydrogen) atoms. The Bertz CT molecular complexity index is 755. The first-order valence-corrected chi connectivity index (χ1v) is 7.35. The quantitative estimate of drug-likeness (QED) is 0.503. The van der Waals surface area contributed by atoms with Gasteiger partial charge in [0.15, 0.2) is 16.8 Å². The maximum Gasteiger partial charge on any atom is 0.191 e. The molecule has 0 saturated carbocycles. The average Bonchev–Trinajstić information content (AvgIpc) is 2.87. The Hall–Kier alpha value is -2.66. The topological polar surface area (TPSA) is 110 Å². The third-order valence-corrected chi connectivity index (χ3v) is 3.91. The summed E-state index contributed by atoms with van der Waals surface area (Å²) in [5.74, 6) is 0.448. The predicted octanol–water partition coefficient (Wildman–Crippen LogP) is 1.29. The molecule has 0 saturated heterocycles. The van der Waals surface area contributed by atoms with Crippen LogP contribution >= 0.6 is 11.8 Å². The van der Waals surface area contributed by atoms with Gasteiger partial charge < -0.3 is 10.3 Å². The smallest absolute Gasteiger partial charge is 0.191 e. The maximum absolute atomic E-state index is 11.9. The molecule has 7 nitrogen and oxygen atoms in total. The van der Waals surface area contributed by atoms with Crippen LogP contribution in [0.4, 0.5) is 0 Å². The average molecular weight is 314 g/mol. The van der Waals surface area contributed by atoms with Crippen molar-refractivity contribution in [3.63, 3.8) is 0 Å². The third-order valence-electron chi connectivity index (χ3n) is 2.89. The van der Waals surface area contributed by atoms with Gasteiger partial charge >= 0.3 is 0 Å². The Labute approximate surface area is 131 Å². The molecule has 8 heteroatoms. The number of rotatable bonds is 5. The van der Waals surface area contributed by atoms with Crippen LogP contribution in [0.5, 0.6) is 0 Å². The van der Waals surface area contributed by atoms with Crippen LogP contribution in [0.1, 0.15) is 6.92 Å². The van der Waals surface area contributed by atoms with Crippen molar-refractivity contribution in [1.82, 2.24) is 19.7 Å². The summed E-state index contributed by atoms with van der Waals surface area (Å²) in [5, 5.41) is 17.7. The number of ketones is 1. The van der Waals surface area contributed by atoms with E-state index in [9.17, 15) is 4.79 Å². The Morgan fingerprint density at radius 2 is 2.09 bits per heavy atom. The molecule has 2 N–H and O–H groups in total. The molecule has 2 aromatic heterocycles. The molecule has 0 aliphatic carbocycles. The SMILES string of the molecule is C/C(N)=C(/C#N)C(=O)CSc1nnc(-c2ccncc2)n1C. The number of nitrogens with zero attached hydrogens (tertiary/aromatic N) is 5. The molecule has 0 unspecified atom stereocenters. The third kappa shape index (κ3) is 3.32. The summed E-state index contributed by atoms with van der Waals surface area (Å²) >= 11 is 1.22. The highest BCUT2D eigenvalue weighted by atomic mass is 32.2. The van der Waals surface area contributed by atoms with E-state index in [0.29, 0.717) is 11.0 Å². The molecule has 112 valence electrons. The fraction of sp³-hybridized carbons (Fsp3) is 0.214. The van der Waals surface area contributed by atoms with Gasteiger partial charge in [0.1, 0.15) is 11.6 Å². The highest BCUT2D eigenvalue weighted by Crippen LogP contribution is 2.22. The highest BCUT2D eigenvalue weighted by molar-refractivity contribution is 7.99. The van der Waals surface area contributed by atoms with Crippen molar-refractivity contribution in [2.24, 2.45) is 12.8 Å². The van der Waals surface area contributed by atoms with E-state index >= 15 is 0 Å². The van der Waals surface area contributed by atoms with E-state index in [2.05, 4.69) is 15.2 Å². The van der Waals surface area contributed by atoms with Gasteiger partial charge in [0, 0.05) is 30.7 Å². The Morgan fingerprint density at radius 1 is 1.41 bits per heavy atom. The molecule has 0 atom stereocenters. The van der Waals surface area contributed by atoms with Crippen molar-refractivity contribution >= 4 is 17.5 Å². The Kier molecular flexibility index (Phi) is 4.91. The number of pyridine rings is 1. The zero-order valence-electron chi connectivity index (χ0n) is 12.1. The summed E-state index contributed by atoms with van der Waals surface area (Å²) < 4.78 is 1.79. The number of allylic oxidation sites excluding steroid dienone is 2. The largest absolute Gasteiger partial charge is 0.401 e. The van der Waals surface area contributed by atoms with Gasteiger partial charge in [-0.3, -0.25) is 9.78 Å². The second kappa shape index (κ2) is 6.87. The van der Waals surface area contributed by atoms with E-state index in [-0.39, 0.29) is 22.8 Å². The van der Waals surface area contributed by atoms with Gasteiger partial charge in [0.05, 0.1) is 5.75 Å². The molecule has 2 heterocycles. The summed E-state index contributed by atoms with van der Waals surface area (Å²) in [5.41, 5.74) is 6.62. The Balaban J connectivity index is 2.13. The number of carbonyl (C=O) groups is 1. The van der Waals surface area contributed by atoms with Gasteiger partial charge in [-0.15, -0.1) is 10.2 Å². The van der Waals surface area contributed by atoms with Gasteiger partial charge in [0.2, 0.25) is 0 Å². The van der Waals surface area contributed by atoms with Crippen molar-refractivity contribution in [3.05, 3.63) is 35.8 Å². The number of nitriles is 1. The molecule has 2 aromatic rings. The predicted molar refractivity (Wildman–Crippen MR) is 82.5 cm³/mol. The Morgan fingerprint density at radius 3 is 2.68 bits per heavy atom. The summed E-state index contributed by atoms with van der Waals surface area (Å²) in [7, 11) is 1.82. The summed E-state index contributed by atoms with van der Waals surface area (Å²) in [6, 6.07) is 5.49. The van der Waals surface area contributed by atoms with Crippen LogP contribution in [-0.2, 0) is 11.8 Å². The van der Waals surface area contributed by atoms with Crippen LogP contribution in [0.2, 0.25) is 0 Å². The molecule has 0 aromatic carbocycles. The van der Waals surface area contributed by atoms with Crippen molar-refractivity contribution in [3.8, 4) is 17.5 Å². The molecular weight excluding hydrogens is 300 g/mol. The van der Waals surface area contributed by atoms with E-state index in [4.69, 9.17) is 11.0 Å². The molecule has 0 spiro atoms. The second-order valence-electron chi connectivity index (χ2n) is 4.48. The first-order valence-electron chi connectivity index (χ1n) is 6.36. The molecule has 0 amide bonds. The normalized spacial score (nSPS) is 11.7. The van der Waals surface area contributed by atoms with Crippen LogP contribution in [0, 0.1) is 11.3 Å². The van der Waals surface area contributed by atoms with Crippen LogP contribution < -0.4 is 5.73 Å². The highest BCUT2D eigenvalue weighted by Gasteiger charge is 2.16. The number of thioether (sulfide) groups is 1. The monoisotopic (exact) mass is 314 g/mol. The molecule has 2 rings (SSSR count). The number of nitrogens with two attached hydrogens (primary N) is 1. The lowest BCUT2D eigenvalue weighted by Crippen LogP contribution is -2.10. The van der Waals surface area contributed by atoms with E-state index in [1.807, 2.05) is 25.2 Å². The van der Waals surface area contributed by atoms with Crippen molar-refractivity contribution in [1.29, 1.82) is 5.26 Å². The van der Waals surface area contributed by atoms with Gasteiger partial charge in [-0.05, 0) is 19.1 Å². The zero-order valence-corrected chi connectivity index (χ0v) is 13.0. The number of aromatic nitrogens is 4. The number of hydrogen-bond donors (Lipinski definition) is 1. The van der Waals surface area contributed by atoms with Crippen molar-refractivity contribution < 1.29 is 4.79 Å². The fourth-order valence-electron chi connectivity index (χ4n) is 1.77.